The fourth-order valence-corrected chi connectivity index (χ4v) is 2.24. The third-order valence-electron chi connectivity index (χ3n) is 3.40. The van der Waals surface area contributed by atoms with Crippen molar-refractivity contribution in [2.24, 2.45) is 0 Å². The third kappa shape index (κ3) is 4.17. The van der Waals surface area contributed by atoms with Crippen LogP contribution < -0.4 is 5.32 Å². The Balaban J connectivity index is 1.77. The summed E-state index contributed by atoms with van der Waals surface area (Å²) in [5.41, 5.74) is 0. The molecule has 0 spiro atoms. The first-order valence-corrected chi connectivity index (χ1v) is 6.79. The summed E-state index contributed by atoms with van der Waals surface area (Å²) in [6.45, 7) is 7.62. The minimum absolute atomic E-state index is 0.609. The van der Waals surface area contributed by atoms with Crippen molar-refractivity contribution in [1.29, 1.82) is 0 Å². The van der Waals surface area contributed by atoms with E-state index >= 15 is 0 Å². The highest BCUT2D eigenvalue weighted by Crippen LogP contribution is 2.28. The van der Waals surface area contributed by atoms with Crippen LogP contribution in [0.15, 0.2) is 22.8 Å². The first-order valence-electron chi connectivity index (χ1n) is 6.79. The molecule has 1 N–H and O–H groups in total. The Labute approximate surface area is 104 Å². The van der Waals surface area contributed by atoms with Crippen molar-refractivity contribution in [2.45, 2.75) is 51.7 Å². The average Bonchev–Trinajstić information content (AvgIpc) is 3.03. The number of nitrogens with one attached hydrogen (secondary N) is 1. The van der Waals surface area contributed by atoms with E-state index in [9.17, 15) is 0 Å². The number of nitrogens with zero attached hydrogens (tertiary/aromatic N) is 1. The predicted molar refractivity (Wildman–Crippen MR) is 69.9 cm³/mol. The van der Waals surface area contributed by atoms with Crippen LogP contribution >= 0.6 is 0 Å². The van der Waals surface area contributed by atoms with Gasteiger partial charge in [-0.05, 0) is 44.9 Å². The molecule has 1 saturated carbocycles. The highest BCUT2D eigenvalue weighted by molar-refractivity contribution is 4.99. The monoisotopic (exact) mass is 236 g/mol. The summed E-state index contributed by atoms with van der Waals surface area (Å²) in [7, 11) is 0. The van der Waals surface area contributed by atoms with Gasteiger partial charge in [0.15, 0.2) is 0 Å². The molecule has 1 unspecified atom stereocenters. The Kier molecular flexibility index (Phi) is 4.63. The van der Waals surface area contributed by atoms with Crippen molar-refractivity contribution < 1.29 is 4.42 Å². The van der Waals surface area contributed by atoms with Crippen LogP contribution in [0.5, 0.6) is 0 Å². The van der Waals surface area contributed by atoms with E-state index in [1.54, 1.807) is 6.26 Å². The largest absolute Gasteiger partial charge is 0.468 e. The summed E-state index contributed by atoms with van der Waals surface area (Å²) in [6.07, 6.45) is 5.69. The molecule has 1 heterocycles. The fraction of sp³-hybridized carbons (Fsp3) is 0.714. The van der Waals surface area contributed by atoms with E-state index in [0.29, 0.717) is 6.04 Å². The molecule has 0 bridgehead atoms. The first-order chi connectivity index (χ1) is 8.29. The second-order valence-corrected chi connectivity index (χ2v) is 5.03. The molecule has 17 heavy (non-hydrogen) atoms. The molecule has 0 amide bonds. The van der Waals surface area contributed by atoms with E-state index in [1.807, 2.05) is 6.07 Å². The summed E-state index contributed by atoms with van der Waals surface area (Å²) in [5, 5.41) is 3.47. The maximum absolute atomic E-state index is 5.44. The Morgan fingerprint density at radius 1 is 1.53 bits per heavy atom. The van der Waals surface area contributed by atoms with Gasteiger partial charge in [0.1, 0.15) is 5.76 Å². The summed E-state index contributed by atoms with van der Waals surface area (Å²) in [5.74, 6) is 1.09. The summed E-state index contributed by atoms with van der Waals surface area (Å²) < 4.78 is 5.44. The van der Waals surface area contributed by atoms with Crippen LogP contribution in [0.4, 0.5) is 0 Å². The molecule has 1 atom stereocenters. The molecule has 1 aromatic heterocycles. The molecule has 0 aliphatic heterocycles. The summed E-state index contributed by atoms with van der Waals surface area (Å²) in [6, 6.07) is 5.46. The van der Waals surface area contributed by atoms with E-state index in [1.165, 1.54) is 25.8 Å². The maximum atomic E-state index is 5.44. The molecule has 0 aromatic carbocycles. The second-order valence-electron chi connectivity index (χ2n) is 5.03. The number of hydrogen-bond donors (Lipinski definition) is 1. The minimum atomic E-state index is 0.609. The fourth-order valence-electron chi connectivity index (χ4n) is 2.24. The number of hydrogen-bond acceptors (Lipinski definition) is 3. The molecule has 96 valence electrons. The zero-order chi connectivity index (χ0) is 12.1. The highest BCUT2D eigenvalue weighted by atomic mass is 16.3. The van der Waals surface area contributed by atoms with Crippen molar-refractivity contribution in [3.63, 3.8) is 0 Å². The molecule has 1 aliphatic carbocycles. The van der Waals surface area contributed by atoms with Crippen molar-refractivity contribution in [3.05, 3.63) is 24.2 Å². The number of furan rings is 1. The van der Waals surface area contributed by atoms with Gasteiger partial charge in [-0.2, -0.15) is 0 Å². The molecule has 3 nitrogen and oxygen atoms in total. The van der Waals surface area contributed by atoms with Crippen LogP contribution in [-0.4, -0.2) is 30.1 Å². The molecular weight excluding hydrogens is 212 g/mol. The zero-order valence-electron chi connectivity index (χ0n) is 11.0. The molecule has 1 aromatic rings. The van der Waals surface area contributed by atoms with Gasteiger partial charge < -0.3 is 9.73 Å². The molecule has 0 radical (unpaired) electrons. The minimum Gasteiger partial charge on any atom is -0.468 e. The normalized spacial score (nSPS) is 17.6. The molecule has 2 rings (SSSR count). The predicted octanol–water partition coefficient (Wildman–Crippen LogP) is 2.63. The molecule has 3 heteroatoms. The van der Waals surface area contributed by atoms with E-state index in [4.69, 9.17) is 4.42 Å². The third-order valence-corrected chi connectivity index (χ3v) is 3.40. The van der Waals surface area contributed by atoms with Gasteiger partial charge in [0, 0.05) is 18.6 Å². The Morgan fingerprint density at radius 3 is 2.94 bits per heavy atom. The highest BCUT2D eigenvalue weighted by Gasteiger charge is 2.29. The van der Waals surface area contributed by atoms with E-state index in [-0.39, 0.29) is 0 Å². The molecule has 1 fully saturated rings. The Morgan fingerprint density at radius 2 is 2.35 bits per heavy atom. The van der Waals surface area contributed by atoms with Crippen LogP contribution in [-0.2, 0) is 6.54 Å². The van der Waals surface area contributed by atoms with Gasteiger partial charge in [0.25, 0.3) is 0 Å². The Bertz CT molecular complexity index is 306. The number of rotatable bonds is 8. The van der Waals surface area contributed by atoms with Crippen LogP contribution in [0, 0.1) is 0 Å². The lowest BCUT2D eigenvalue weighted by Gasteiger charge is -2.23. The second kappa shape index (κ2) is 6.22. The van der Waals surface area contributed by atoms with Gasteiger partial charge in [0.05, 0.1) is 12.8 Å². The summed E-state index contributed by atoms with van der Waals surface area (Å²) >= 11 is 0. The lowest BCUT2D eigenvalue weighted by molar-refractivity contribution is 0.222. The van der Waals surface area contributed by atoms with E-state index in [0.717, 1.165) is 24.9 Å². The quantitative estimate of drug-likeness (QED) is 0.752. The average molecular weight is 236 g/mol. The molecule has 0 saturated heterocycles. The smallest absolute Gasteiger partial charge is 0.117 e. The lowest BCUT2D eigenvalue weighted by Crippen LogP contribution is -2.33. The first kappa shape index (κ1) is 12.7. The van der Waals surface area contributed by atoms with Crippen molar-refractivity contribution in [1.82, 2.24) is 10.2 Å². The topological polar surface area (TPSA) is 28.4 Å². The van der Waals surface area contributed by atoms with Crippen LogP contribution in [0.3, 0.4) is 0 Å². The van der Waals surface area contributed by atoms with E-state index in [2.05, 4.69) is 30.1 Å². The molecule has 1 aliphatic rings. The standard InChI is InChI=1S/C14H24N2O/c1-3-15-12(2)8-9-16(13-6-7-13)11-14-5-4-10-17-14/h4-5,10,12-13,15H,3,6-9,11H2,1-2H3. The van der Waals surface area contributed by atoms with Gasteiger partial charge >= 0.3 is 0 Å². The van der Waals surface area contributed by atoms with Gasteiger partial charge in [0.2, 0.25) is 0 Å². The van der Waals surface area contributed by atoms with Crippen LogP contribution in [0.1, 0.15) is 38.9 Å². The van der Waals surface area contributed by atoms with Crippen LogP contribution in [0.25, 0.3) is 0 Å². The maximum Gasteiger partial charge on any atom is 0.117 e. The van der Waals surface area contributed by atoms with Crippen molar-refractivity contribution in [3.8, 4) is 0 Å². The van der Waals surface area contributed by atoms with Gasteiger partial charge in [-0.25, -0.2) is 0 Å². The van der Waals surface area contributed by atoms with Crippen molar-refractivity contribution in [2.75, 3.05) is 13.1 Å². The lowest BCUT2D eigenvalue weighted by atomic mass is 10.2. The van der Waals surface area contributed by atoms with Crippen molar-refractivity contribution >= 4 is 0 Å². The Hall–Kier alpha value is -0.800. The van der Waals surface area contributed by atoms with Gasteiger partial charge in [-0.15, -0.1) is 0 Å². The molecular formula is C14H24N2O. The van der Waals surface area contributed by atoms with Gasteiger partial charge in [-0.3, -0.25) is 4.90 Å². The van der Waals surface area contributed by atoms with Crippen LogP contribution in [0.2, 0.25) is 0 Å². The van der Waals surface area contributed by atoms with E-state index < -0.39 is 0 Å². The SMILES string of the molecule is CCNC(C)CCN(Cc1ccco1)C1CC1. The zero-order valence-corrected chi connectivity index (χ0v) is 11.0. The van der Waals surface area contributed by atoms with Gasteiger partial charge in [-0.1, -0.05) is 6.92 Å². The summed E-state index contributed by atoms with van der Waals surface area (Å²) in [4.78, 5) is 2.56.